The first kappa shape index (κ1) is 11.4. The molecule has 0 amide bonds. The molecule has 0 bridgehead atoms. The van der Waals surface area contributed by atoms with E-state index >= 15 is 0 Å². The van der Waals surface area contributed by atoms with Crippen LogP contribution in [0.1, 0.15) is 46.0 Å². The molecule has 2 heteroatoms. The fraction of sp³-hybridized carbons (Fsp3) is 1.00. The van der Waals surface area contributed by atoms with Crippen LogP contribution in [0.4, 0.5) is 0 Å². The quantitative estimate of drug-likeness (QED) is 0.757. The topological polar surface area (TPSA) is 29.3 Å². The first-order valence-electron chi connectivity index (χ1n) is 6.66. The van der Waals surface area contributed by atoms with E-state index in [1.54, 1.807) is 0 Å². The van der Waals surface area contributed by atoms with Gasteiger partial charge in [-0.25, -0.2) is 0 Å². The minimum Gasteiger partial charge on any atom is -0.326 e. The fourth-order valence-electron chi connectivity index (χ4n) is 3.29. The van der Waals surface area contributed by atoms with Gasteiger partial charge in [0.15, 0.2) is 0 Å². The molecular weight excluding hydrogens is 184 g/mol. The Bertz CT molecular complexity index is 203. The molecule has 3 unspecified atom stereocenters. The van der Waals surface area contributed by atoms with E-state index in [4.69, 9.17) is 5.73 Å². The van der Waals surface area contributed by atoms with Crippen molar-refractivity contribution >= 4 is 0 Å². The van der Waals surface area contributed by atoms with Gasteiger partial charge in [0.05, 0.1) is 0 Å². The van der Waals surface area contributed by atoms with Crippen LogP contribution in [0.15, 0.2) is 0 Å². The molecule has 1 aliphatic carbocycles. The summed E-state index contributed by atoms with van der Waals surface area (Å²) in [6.45, 7) is 7.15. The molecule has 3 atom stereocenters. The smallest absolute Gasteiger partial charge is 0.0180 e. The largest absolute Gasteiger partial charge is 0.326 e. The second-order valence-electron chi connectivity index (χ2n) is 5.87. The van der Waals surface area contributed by atoms with Crippen molar-refractivity contribution in [2.75, 3.05) is 13.1 Å². The van der Waals surface area contributed by atoms with Gasteiger partial charge in [0, 0.05) is 25.2 Å². The van der Waals surface area contributed by atoms with Gasteiger partial charge in [-0.05, 0) is 31.1 Å². The van der Waals surface area contributed by atoms with Crippen molar-refractivity contribution in [1.82, 2.24) is 4.90 Å². The first-order valence-corrected chi connectivity index (χ1v) is 6.66. The van der Waals surface area contributed by atoms with Gasteiger partial charge in [-0.1, -0.05) is 26.7 Å². The van der Waals surface area contributed by atoms with E-state index in [-0.39, 0.29) is 0 Å². The highest BCUT2D eigenvalue weighted by Crippen LogP contribution is 2.33. The molecule has 1 aliphatic heterocycles. The molecule has 1 saturated heterocycles. The zero-order valence-electron chi connectivity index (χ0n) is 10.3. The molecular formula is C13H26N2. The highest BCUT2D eigenvalue weighted by Gasteiger charge is 2.31. The van der Waals surface area contributed by atoms with E-state index < -0.39 is 0 Å². The van der Waals surface area contributed by atoms with Crippen molar-refractivity contribution in [2.45, 2.75) is 58.0 Å². The molecule has 1 saturated carbocycles. The molecule has 88 valence electrons. The lowest BCUT2D eigenvalue weighted by atomic mass is 9.79. The van der Waals surface area contributed by atoms with Crippen LogP contribution in [-0.4, -0.2) is 30.1 Å². The van der Waals surface area contributed by atoms with Gasteiger partial charge >= 0.3 is 0 Å². The maximum Gasteiger partial charge on any atom is 0.0180 e. The Kier molecular flexibility index (Phi) is 3.68. The van der Waals surface area contributed by atoms with Gasteiger partial charge < -0.3 is 5.73 Å². The number of nitrogens with two attached hydrogens (primary N) is 1. The predicted octanol–water partition coefficient (Wildman–Crippen LogP) is 2.23. The minimum atomic E-state index is 0.449. The molecule has 1 heterocycles. The normalized spacial score (nSPS) is 38.8. The zero-order valence-corrected chi connectivity index (χ0v) is 10.3. The number of hydrogen-bond donors (Lipinski definition) is 1. The Balaban J connectivity index is 1.87. The van der Waals surface area contributed by atoms with E-state index in [0.717, 1.165) is 24.4 Å². The van der Waals surface area contributed by atoms with Gasteiger partial charge in [0.1, 0.15) is 0 Å². The van der Waals surface area contributed by atoms with Crippen LogP contribution in [0, 0.1) is 11.8 Å². The third-order valence-electron chi connectivity index (χ3n) is 4.40. The molecule has 2 N–H and O–H groups in total. The minimum absolute atomic E-state index is 0.449. The van der Waals surface area contributed by atoms with Crippen molar-refractivity contribution in [3.05, 3.63) is 0 Å². The molecule has 0 aromatic carbocycles. The Hall–Kier alpha value is -0.0800. The van der Waals surface area contributed by atoms with E-state index in [0.29, 0.717) is 6.04 Å². The standard InChI is InChI=1S/C13H26N2/c1-10(2)11-4-3-5-13(8-11)15-7-6-12(14)9-15/h10-13H,3-9,14H2,1-2H3. The third kappa shape index (κ3) is 2.73. The summed E-state index contributed by atoms with van der Waals surface area (Å²) < 4.78 is 0. The molecule has 15 heavy (non-hydrogen) atoms. The monoisotopic (exact) mass is 210 g/mol. The summed E-state index contributed by atoms with van der Waals surface area (Å²) in [7, 11) is 0. The van der Waals surface area contributed by atoms with Crippen LogP contribution < -0.4 is 5.73 Å². The number of nitrogens with zero attached hydrogens (tertiary/aromatic N) is 1. The SMILES string of the molecule is CC(C)C1CCCC(N2CCC(N)C2)C1. The van der Waals surface area contributed by atoms with Gasteiger partial charge in [0.2, 0.25) is 0 Å². The van der Waals surface area contributed by atoms with Crippen LogP contribution in [0.2, 0.25) is 0 Å². The van der Waals surface area contributed by atoms with Crippen molar-refractivity contribution in [2.24, 2.45) is 17.6 Å². The van der Waals surface area contributed by atoms with Crippen LogP contribution >= 0.6 is 0 Å². The lowest BCUT2D eigenvalue weighted by Gasteiger charge is -2.37. The van der Waals surface area contributed by atoms with Gasteiger partial charge in [-0.3, -0.25) is 4.90 Å². The van der Waals surface area contributed by atoms with E-state index in [9.17, 15) is 0 Å². The second-order valence-corrected chi connectivity index (χ2v) is 5.87. The molecule has 2 fully saturated rings. The highest BCUT2D eigenvalue weighted by molar-refractivity contribution is 4.87. The van der Waals surface area contributed by atoms with Crippen LogP contribution in [-0.2, 0) is 0 Å². The maximum atomic E-state index is 5.98. The summed E-state index contributed by atoms with van der Waals surface area (Å²) in [5, 5.41) is 0. The average Bonchev–Trinajstić information content (AvgIpc) is 2.65. The Morgan fingerprint density at radius 1 is 1.20 bits per heavy atom. The van der Waals surface area contributed by atoms with Gasteiger partial charge in [-0.15, -0.1) is 0 Å². The molecule has 0 radical (unpaired) electrons. The predicted molar refractivity (Wildman–Crippen MR) is 64.7 cm³/mol. The third-order valence-corrected chi connectivity index (χ3v) is 4.40. The fourth-order valence-corrected chi connectivity index (χ4v) is 3.29. The molecule has 2 rings (SSSR count). The molecule has 0 aromatic rings. The number of likely N-dealkylation sites (tertiary alicyclic amines) is 1. The summed E-state index contributed by atoms with van der Waals surface area (Å²) in [5.41, 5.74) is 5.98. The molecule has 0 aromatic heterocycles. The summed E-state index contributed by atoms with van der Waals surface area (Å²) in [5.74, 6) is 1.82. The van der Waals surface area contributed by atoms with Crippen molar-refractivity contribution in [3.8, 4) is 0 Å². The number of rotatable bonds is 2. The lowest BCUT2D eigenvalue weighted by Crippen LogP contribution is -2.39. The van der Waals surface area contributed by atoms with Gasteiger partial charge in [-0.2, -0.15) is 0 Å². The lowest BCUT2D eigenvalue weighted by molar-refractivity contribution is 0.135. The van der Waals surface area contributed by atoms with Crippen molar-refractivity contribution in [3.63, 3.8) is 0 Å². The zero-order chi connectivity index (χ0) is 10.8. The van der Waals surface area contributed by atoms with Crippen molar-refractivity contribution < 1.29 is 0 Å². The van der Waals surface area contributed by atoms with E-state index in [1.807, 2.05) is 0 Å². The average molecular weight is 210 g/mol. The van der Waals surface area contributed by atoms with E-state index in [2.05, 4.69) is 18.7 Å². The molecule has 2 nitrogen and oxygen atoms in total. The Morgan fingerprint density at radius 3 is 2.60 bits per heavy atom. The van der Waals surface area contributed by atoms with Crippen LogP contribution in [0.3, 0.4) is 0 Å². The highest BCUT2D eigenvalue weighted by atomic mass is 15.2. The van der Waals surface area contributed by atoms with Crippen LogP contribution in [0.5, 0.6) is 0 Å². The number of hydrogen-bond acceptors (Lipinski definition) is 2. The first-order chi connectivity index (χ1) is 7.16. The molecule has 2 aliphatic rings. The second kappa shape index (κ2) is 4.84. The van der Waals surface area contributed by atoms with Crippen molar-refractivity contribution in [1.29, 1.82) is 0 Å². The summed E-state index contributed by atoms with van der Waals surface area (Å²) in [6.07, 6.45) is 6.93. The Morgan fingerprint density at radius 2 is 2.00 bits per heavy atom. The summed E-state index contributed by atoms with van der Waals surface area (Å²) in [4.78, 5) is 2.65. The Labute approximate surface area is 94.2 Å². The van der Waals surface area contributed by atoms with E-state index in [1.165, 1.54) is 38.6 Å². The van der Waals surface area contributed by atoms with Gasteiger partial charge in [0.25, 0.3) is 0 Å². The summed E-state index contributed by atoms with van der Waals surface area (Å²) >= 11 is 0. The maximum absolute atomic E-state index is 5.98. The summed E-state index contributed by atoms with van der Waals surface area (Å²) in [6, 6.07) is 1.30. The van der Waals surface area contributed by atoms with Crippen LogP contribution in [0.25, 0.3) is 0 Å². The molecule has 0 spiro atoms.